The van der Waals surface area contributed by atoms with Crippen molar-refractivity contribution in [1.82, 2.24) is 5.32 Å². The summed E-state index contributed by atoms with van der Waals surface area (Å²) in [4.78, 5) is 22.8. The minimum absolute atomic E-state index is 0.0343. The molecule has 0 aliphatic carbocycles. The maximum absolute atomic E-state index is 14.7. The highest BCUT2D eigenvalue weighted by atomic mass is 35.5. The number of carbonyl (C=O) groups excluding carboxylic acids is 1. The minimum Gasteiger partial charge on any atom is -0.494 e. The summed E-state index contributed by atoms with van der Waals surface area (Å²) in [6, 6.07) is 27.4. The second kappa shape index (κ2) is 17.1. The van der Waals surface area contributed by atoms with Crippen molar-refractivity contribution in [2.45, 2.75) is 44.4 Å². The number of hydrogen-bond donors (Lipinski definition) is 2. The number of aliphatic hydroxyl groups is 1. The zero-order valence-corrected chi connectivity index (χ0v) is 28.5. The summed E-state index contributed by atoms with van der Waals surface area (Å²) < 4.78 is 18.1. The average molecular weight is 703 g/mol. The Morgan fingerprint density at radius 2 is 1.76 bits per heavy atom. The second-order valence-corrected chi connectivity index (χ2v) is 12.2. The number of nitrogens with zero attached hydrogens (tertiary/aromatic N) is 4. The van der Waals surface area contributed by atoms with Crippen molar-refractivity contribution in [1.29, 1.82) is 0 Å². The van der Waals surface area contributed by atoms with Crippen LogP contribution in [0.3, 0.4) is 0 Å². The number of para-hydroxylation sites is 1. The van der Waals surface area contributed by atoms with Gasteiger partial charge in [-0.2, -0.15) is 0 Å². The van der Waals surface area contributed by atoms with Crippen LogP contribution in [-0.2, 0) is 28.9 Å². The van der Waals surface area contributed by atoms with Gasteiger partial charge in [0.15, 0.2) is 11.6 Å². The highest BCUT2D eigenvalue weighted by molar-refractivity contribution is 6.35. The van der Waals surface area contributed by atoms with Gasteiger partial charge in [0.1, 0.15) is 11.5 Å². The fraction of sp³-hybridized carbons (Fsp3) is 0.297. The molecular weight excluding hydrogens is 665 g/mol. The molecule has 0 unspecified atom stereocenters. The van der Waals surface area contributed by atoms with Gasteiger partial charge < -0.3 is 24.6 Å². The van der Waals surface area contributed by atoms with E-state index in [0.717, 1.165) is 22.4 Å². The van der Waals surface area contributed by atoms with Crippen molar-refractivity contribution in [3.63, 3.8) is 0 Å². The Hall–Kier alpha value is -4.73. The average Bonchev–Trinajstić information content (AvgIpc) is 3.49. The maximum Gasteiger partial charge on any atom is 0.252 e. The molecule has 0 saturated carbocycles. The van der Waals surface area contributed by atoms with Crippen molar-refractivity contribution in [3.05, 3.63) is 139 Å². The Kier molecular flexibility index (Phi) is 12.4. The summed E-state index contributed by atoms with van der Waals surface area (Å²) in [5.41, 5.74) is 11.2. The standard InChI is InChI=1S/C37H37Cl2N5O5/c1-2-47-33-11-6-5-8-25(33)18-19-41-36(46)37(23-27-9-3-4-10-28(27)24-42-44-40)34(31-17-14-29(38)22-32(31)39)49-35(43-37)26-12-15-30(16-13-26)48-21-7-20-45/h3-6,8-17,22,34,45H,2,7,18-21,23-24H2,1H3,(H,41,46)/t34-,37-/m1/s1. The molecule has 1 heterocycles. The maximum atomic E-state index is 14.7. The van der Waals surface area contributed by atoms with Gasteiger partial charge in [-0.1, -0.05) is 76.8 Å². The SMILES string of the molecule is CCOc1ccccc1CCNC(=O)[C@]1(Cc2ccccc2CN=[N+]=[N-])N=C(c2ccc(OCCCO)cc2)O[C@@H]1c1ccc(Cl)cc1Cl. The van der Waals surface area contributed by atoms with Gasteiger partial charge in [0, 0.05) is 52.1 Å². The summed E-state index contributed by atoms with van der Waals surface area (Å²) in [5.74, 6) is 1.27. The molecular formula is C37H37Cl2N5O5. The number of nitrogens with one attached hydrogen (secondary N) is 1. The molecule has 0 aromatic heterocycles. The van der Waals surface area contributed by atoms with Gasteiger partial charge in [-0.05, 0) is 78.0 Å². The zero-order chi connectivity index (χ0) is 34.6. The number of aliphatic imine (C=N–C) groups is 1. The summed E-state index contributed by atoms with van der Waals surface area (Å²) in [6.07, 6.45) is 0.196. The molecule has 254 valence electrons. The largest absolute Gasteiger partial charge is 0.494 e. The molecule has 4 aromatic rings. The number of carbonyl (C=O) groups is 1. The van der Waals surface area contributed by atoms with Crippen molar-refractivity contribution < 1.29 is 24.1 Å². The van der Waals surface area contributed by atoms with E-state index in [-0.39, 0.29) is 31.4 Å². The molecule has 0 spiro atoms. The molecule has 49 heavy (non-hydrogen) atoms. The highest BCUT2D eigenvalue weighted by Crippen LogP contribution is 2.45. The first-order valence-corrected chi connectivity index (χ1v) is 16.8. The Morgan fingerprint density at radius 1 is 1.02 bits per heavy atom. The van der Waals surface area contributed by atoms with Crippen LogP contribution in [0.5, 0.6) is 11.5 Å². The van der Waals surface area contributed by atoms with Crippen molar-refractivity contribution in [2.75, 3.05) is 26.4 Å². The monoisotopic (exact) mass is 701 g/mol. The first-order valence-electron chi connectivity index (χ1n) is 16.0. The first-order chi connectivity index (χ1) is 23.9. The number of aliphatic hydroxyl groups excluding tert-OH is 1. The summed E-state index contributed by atoms with van der Waals surface area (Å²) in [7, 11) is 0. The lowest BCUT2D eigenvalue weighted by atomic mass is 9.80. The molecule has 0 fully saturated rings. The molecule has 2 N–H and O–H groups in total. The summed E-state index contributed by atoms with van der Waals surface area (Å²) in [5, 5.41) is 16.8. The van der Waals surface area contributed by atoms with Crippen LogP contribution in [0.2, 0.25) is 10.0 Å². The van der Waals surface area contributed by atoms with E-state index in [0.29, 0.717) is 59.5 Å². The number of azide groups is 1. The predicted molar refractivity (Wildman–Crippen MR) is 191 cm³/mol. The van der Waals surface area contributed by atoms with E-state index in [4.69, 9.17) is 53.0 Å². The number of amides is 1. The summed E-state index contributed by atoms with van der Waals surface area (Å²) >= 11 is 13.1. The third-order valence-electron chi connectivity index (χ3n) is 8.11. The van der Waals surface area contributed by atoms with E-state index < -0.39 is 11.6 Å². The van der Waals surface area contributed by atoms with Crippen LogP contribution >= 0.6 is 23.2 Å². The fourth-order valence-corrected chi connectivity index (χ4v) is 6.23. The minimum atomic E-state index is -1.53. The molecule has 12 heteroatoms. The van der Waals surface area contributed by atoms with E-state index >= 15 is 0 Å². The number of halogens is 2. The molecule has 5 rings (SSSR count). The van der Waals surface area contributed by atoms with Gasteiger partial charge in [0.25, 0.3) is 5.91 Å². The van der Waals surface area contributed by atoms with E-state index in [2.05, 4.69) is 15.3 Å². The quantitative estimate of drug-likeness (QED) is 0.0531. The van der Waals surface area contributed by atoms with Gasteiger partial charge in [0.05, 0.1) is 19.8 Å². The molecule has 4 aromatic carbocycles. The van der Waals surface area contributed by atoms with Crippen LogP contribution in [0.25, 0.3) is 10.4 Å². The van der Waals surface area contributed by atoms with E-state index in [1.54, 1.807) is 30.3 Å². The summed E-state index contributed by atoms with van der Waals surface area (Å²) in [6.45, 7) is 3.26. The Balaban J connectivity index is 1.58. The molecule has 2 atom stereocenters. The van der Waals surface area contributed by atoms with Gasteiger partial charge in [0.2, 0.25) is 5.90 Å². The number of hydrogen-bond acceptors (Lipinski definition) is 7. The zero-order valence-electron chi connectivity index (χ0n) is 27.0. The molecule has 1 aliphatic heterocycles. The van der Waals surface area contributed by atoms with E-state index in [1.165, 1.54) is 0 Å². The van der Waals surface area contributed by atoms with Gasteiger partial charge in [-0.25, -0.2) is 4.99 Å². The van der Waals surface area contributed by atoms with Crippen LogP contribution in [-0.4, -0.2) is 48.8 Å². The predicted octanol–water partition coefficient (Wildman–Crippen LogP) is 7.82. The lowest BCUT2D eigenvalue weighted by Crippen LogP contribution is -2.50. The molecule has 0 bridgehead atoms. The number of benzene rings is 4. The third-order valence-corrected chi connectivity index (χ3v) is 8.67. The normalized spacial score (nSPS) is 16.7. The lowest BCUT2D eigenvalue weighted by molar-refractivity contribution is -0.128. The van der Waals surface area contributed by atoms with Crippen LogP contribution in [0.1, 0.15) is 47.3 Å². The number of rotatable bonds is 16. The lowest BCUT2D eigenvalue weighted by Gasteiger charge is -2.32. The highest BCUT2D eigenvalue weighted by Gasteiger charge is 2.54. The van der Waals surface area contributed by atoms with Crippen LogP contribution in [0.15, 0.2) is 101 Å². The Bertz CT molecular complexity index is 1830. The molecule has 0 radical (unpaired) electrons. The molecule has 10 nitrogen and oxygen atoms in total. The molecule has 1 aliphatic rings. The molecule has 1 amide bonds. The first kappa shape index (κ1) is 35.6. The van der Waals surface area contributed by atoms with Crippen molar-refractivity contribution in [2.24, 2.45) is 10.1 Å². The van der Waals surface area contributed by atoms with E-state index in [1.807, 2.05) is 67.6 Å². The van der Waals surface area contributed by atoms with E-state index in [9.17, 15) is 4.79 Å². The third kappa shape index (κ3) is 8.66. The van der Waals surface area contributed by atoms with Gasteiger partial charge >= 0.3 is 0 Å². The number of ether oxygens (including phenoxy) is 3. The Labute approximate surface area is 295 Å². The Morgan fingerprint density at radius 3 is 2.47 bits per heavy atom. The van der Waals surface area contributed by atoms with Crippen LogP contribution < -0.4 is 14.8 Å². The topological polar surface area (TPSA) is 138 Å². The molecule has 0 saturated heterocycles. The second-order valence-electron chi connectivity index (χ2n) is 11.3. The van der Waals surface area contributed by atoms with Crippen LogP contribution in [0.4, 0.5) is 0 Å². The van der Waals surface area contributed by atoms with Gasteiger partial charge in [-0.3, -0.25) is 4.79 Å². The van der Waals surface area contributed by atoms with Crippen molar-refractivity contribution >= 4 is 35.0 Å². The smallest absolute Gasteiger partial charge is 0.252 e. The van der Waals surface area contributed by atoms with Crippen molar-refractivity contribution in [3.8, 4) is 11.5 Å². The van der Waals surface area contributed by atoms with Gasteiger partial charge in [-0.15, -0.1) is 0 Å². The fourth-order valence-electron chi connectivity index (χ4n) is 5.73. The van der Waals surface area contributed by atoms with Crippen LogP contribution in [0, 0.1) is 0 Å².